The van der Waals surface area contributed by atoms with Crippen molar-refractivity contribution in [3.8, 4) is 0 Å². The van der Waals surface area contributed by atoms with Gasteiger partial charge in [0.05, 0.1) is 18.8 Å². The van der Waals surface area contributed by atoms with Crippen LogP contribution in [0.1, 0.15) is 38.4 Å². The summed E-state index contributed by atoms with van der Waals surface area (Å²) in [5, 5.41) is 3.88. The van der Waals surface area contributed by atoms with Crippen molar-refractivity contribution in [3.05, 3.63) is 11.7 Å². The van der Waals surface area contributed by atoms with E-state index in [4.69, 9.17) is 14.0 Å². The van der Waals surface area contributed by atoms with Gasteiger partial charge in [0.15, 0.2) is 5.82 Å². The van der Waals surface area contributed by atoms with Gasteiger partial charge in [-0.2, -0.15) is 4.98 Å². The van der Waals surface area contributed by atoms with Crippen LogP contribution in [0.5, 0.6) is 0 Å². The predicted octanol–water partition coefficient (Wildman–Crippen LogP) is 1.06. The zero-order chi connectivity index (χ0) is 17.8. The first-order chi connectivity index (χ1) is 12.0. The van der Waals surface area contributed by atoms with Gasteiger partial charge in [0.1, 0.15) is 6.61 Å². The summed E-state index contributed by atoms with van der Waals surface area (Å²) in [6.45, 7) is 8.18. The second kappa shape index (κ2) is 8.25. The predicted molar refractivity (Wildman–Crippen MR) is 89.6 cm³/mol. The third-order valence-corrected chi connectivity index (χ3v) is 4.81. The molecule has 140 valence electrons. The van der Waals surface area contributed by atoms with Crippen molar-refractivity contribution in [1.82, 2.24) is 19.9 Å². The maximum Gasteiger partial charge on any atom is 0.240 e. The Bertz CT molecular complexity index is 561. The lowest BCUT2D eigenvalue weighted by Crippen LogP contribution is -2.51. The highest BCUT2D eigenvalue weighted by Gasteiger charge is 2.32. The van der Waals surface area contributed by atoms with Crippen LogP contribution in [-0.4, -0.2) is 71.3 Å². The van der Waals surface area contributed by atoms with E-state index in [-0.39, 0.29) is 24.0 Å². The summed E-state index contributed by atoms with van der Waals surface area (Å²) in [7, 11) is 1.60. The molecule has 1 amide bonds. The molecule has 8 heteroatoms. The Morgan fingerprint density at radius 1 is 1.24 bits per heavy atom. The highest BCUT2D eigenvalue weighted by atomic mass is 16.5. The molecule has 0 N–H and O–H groups in total. The average molecular weight is 352 g/mol. The number of hydrogen-bond donors (Lipinski definition) is 0. The summed E-state index contributed by atoms with van der Waals surface area (Å²) in [4.78, 5) is 21.3. The summed E-state index contributed by atoms with van der Waals surface area (Å²) >= 11 is 0. The second-order valence-electron chi connectivity index (χ2n) is 7.09. The summed E-state index contributed by atoms with van der Waals surface area (Å²) in [6, 6.07) is 0. The summed E-state index contributed by atoms with van der Waals surface area (Å²) in [5.41, 5.74) is 0. The molecule has 1 aromatic heterocycles. The SMILES string of the molecule is COCc1noc(CN2CCC(C(=O)N3C[C@@H](C)O[C@@H](C)C3)CC2)n1. The van der Waals surface area contributed by atoms with E-state index < -0.39 is 0 Å². The molecule has 0 aliphatic carbocycles. The minimum Gasteiger partial charge on any atom is -0.377 e. The van der Waals surface area contributed by atoms with Gasteiger partial charge < -0.3 is 18.9 Å². The van der Waals surface area contributed by atoms with Gasteiger partial charge in [0.2, 0.25) is 11.8 Å². The van der Waals surface area contributed by atoms with Gasteiger partial charge in [-0.05, 0) is 39.8 Å². The maximum atomic E-state index is 12.8. The van der Waals surface area contributed by atoms with Crippen molar-refractivity contribution >= 4 is 5.91 Å². The minimum absolute atomic E-state index is 0.112. The highest BCUT2D eigenvalue weighted by Crippen LogP contribution is 2.23. The van der Waals surface area contributed by atoms with Gasteiger partial charge >= 0.3 is 0 Å². The highest BCUT2D eigenvalue weighted by molar-refractivity contribution is 5.79. The molecule has 0 bridgehead atoms. The topological polar surface area (TPSA) is 80.9 Å². The number of aromatic nitrogens is 2. The molecule has 2 aliphatic rings. The van der Waals surface area contributed by atoms with Crippen LogP contribution in [0.15, 0.2) is 4.52 Å². The van der Waals surface area contributed by atoms with Gasteiger partial charge in [0.25, 0.3) is 0 Å². The van der Waals surface area contributed by atoms with Gasteiger partial charge in [0, 0.05) is 26.1 Å². The van der Waals surface area contributed by atoms with Crippen LogP contribution in [0.4, 0.5) is 0 Å². The van der Waals surface area contributed by atoms with Gasteiger partial charge in [-0.3, -0.25) is 9.69 Å². The first-order valence-corrected chi connectivity index (χ1v) is 9.02. The van der Waals surface area contributed by atoms with Crippen molar-refractivity contribution in [2.75, 3.05) is 33.3 Å². The lowest BCUT2D eigenvalue weighted by molar-refractivity contribution is -0.149. The van der Waals surface area contributed by atoms with E-state index >= 15 is 0 Å². The third kappa shape index (κ3) is 4.77. The molecule has 0 spiro atoms. The van der Waals surface area contributed by atoms with Gasteiger partial charge in [-0.1, -0.05) is 5.16 Å². The van der Waals surface area contributed by atoms with Crippen LogP contribution >= 0.6 is 0 Å². The number of morpholine rings is 1. The minimum atomic E-state index is 0.112. The number of amides is 1. The van der Waals surface area contributed by atoms with E-state index in [1.807, 2.05) is 18.7 Å². The molecule has 0 radical (unpaired) electrons. The number of carbonyl (C=O) groups excluding carboxylic acids is 1. The number of nitrogens with zero attached hydrogens (tertiary/aromatic N) is 4. The Labute approximate surface area is 148 Å². The Kier molecular flexibility index (Phi) is 6.03. The molecule has 2 aliphatic heterocycles. The van der Waals surface area contributed by atoms with E-state index in [0.717, 1.165) is 25.9 Å². The molecule has 2 fully saturated rings. The number of likely N-dealkylation sites (tertiary alicyclic amines) is 1. The standard InChI is InChI=1S/C17H28N4O4/c1-12-8-21(9-13(2)24-12)17(22)14-4-6-20(7-5-14)10-16-18-15(11-23-3)19-25-16/h12-14H,4-11H2,1-3H3/t12-,13+. The number of methoxy groups -OCH3 is 1. The lowest BCUT2D eigenvalue weighted by Gasteiger charge is -2.39. The second-order valence-corrected chi connectivity index (χ2v) is 7.09. The van der Waals surface area contributed by atoms with E-state index in [1.165, 1.54) is 0 Å². The van der Waals surface area contributed by atoms with Crippen molar-refractivity contribution < 1.29 is 18.8 Å². The molecular formula is C17H28N4O4. The third-order valence-electron chi connectivity index (χ3n) is 4.81. The molecule has 25 heavy (non-hydrogen) atoms. The normalized spacial score (nSPS) is 26.1. The molecule has 8 nitrogen and oxygen atoms in total. The van der Waals surface area contributed by atoms with Crippen molar-refractivity contribution in [2.45, 2.75) is 52.0 Å². The molecule has 3 rings (SSSR count). The Balaban J connectivity index is 1.47. The van der Waals surface area contributed by atoms with Crippen LogP contribution in [0.2, 0.25) is 0 Å². The van der Waals surface area contributed by atoms with E-state index in [0.29, 0.717) is 38.0 Å². The van der Waals surface area contributed by atoms with Crippen LogP contribution < -0.4 is 0 Å². The van der Waals surface area contributed by atoms with Crippen molar-refractivity contribution in [1.29, 1.82) is 0 Å². The zero-order valence-corrected chi connectivity index (χ0v) is 15.3. The summed E-state index contributed by atoms with van der Waals surface area (Å²) in [5.74, 6) is 1.56. The largest absolute Gasteiger partial charge is 0.377 e. The number of carbonyl (C=O) groups is 1. The molecular weight excluding hydrogens is 324 g/mol. The van der Waals surface area contributed by atoms with Crippen molar-refractivity contribution in [3.63, 3.8) is 0 Å². The first kappa shape index (κ1) is 18.3. The van der Waals surface area contributed by atoms with Crippen LogP contribution in [0.25, 0.3) is 0 Å². The fraction of sp³-hybridized carbons (Fsp3) is 0.824. The van der Waals surface area contributed by atoms with E-state index in [2.05, 4.69) is 15.0 Å². The summed E-state index contributed by atoms with van der Waals surface area (Å²) < 4.78 is 16.0. The average Bonchev–Trinajstić information content (AvgIpc) is 3.01. The van der Waals surface area contributed by atoms with Crippen LogP contribution in [0, 0.1) is 5.92 Å². The summed E-state index contributed by atoms with van der Waals surface area (Å²) in [6.07, 6.45) is 1.98. The molecule has 0 saturated carbocycles. The van der Waals surface area contributed by atoms with Gasteiger partial charge in [-0.25, -0.2) is 0 Å². The molecule has 0 unspecified atom stereocenters. The quantitative estimate of drug-likeness (QED) is 0.784. The van der Waals surface area contributed by atoms with E-state index in [1.54, 1.807) is 7.11 Å². The van der Waals surface area contributed by atoms with Gasteiger partial charge in [-0.15, -0.1) is 0 Å². The number of hydrogen-bond acceptors (Lipinski definition) is 7. The Hall–Kier alpha value is -1.51. The molecule has 0 aromatic carbocycles. The van der Waals surface area contributed by atoms with Crippen LogP contribution in [-0.2, 0) is 27.4 Å². The molecule has 2 saturated heterocycles. The lowest BCUT2D eigenvalue weighted by atomic mass is 9.94. The zero-order valence-electron chi connectivity index (χ0n) is 15.3. The monoisotopic (exact) mass is 352 g/mol. The maximum absolute atomic E-state index is 12.8. The van der Waals surface area contributed by atoms with Crippen molar-refractivity contribution in [2.24, 2.45) is 5.92 Å². The number of rotatable bonds is 5. The number of piperidine rings is 1. The fourth-order valence-corrected chi connectivity index (χ4v) is 3.69. The fourth-order valence-electron chi connectivity index (χ4n) is 3.69. The molecule has 1 aromatic rings. The molecule has 2 atom stereocenters. The smallest absolute Gasteiger partial charge is 0.240 e. The Morgan fingerprint density at radius 2 is 1.92 bits per heavy atom. The van der Waals surface area contributed by atoms with E-state index in [9.17, 15) is 4.79 Å². The number of ether oxygens (including phenoxy) is 2. The Morgan fingerprint density at radius 3 is 2.56 bits per heavy atom. The van der Waals surface area contributed by atoms with Crippen LogP contribution in [0.3, 0.4) is 0 Å². The molecule has 3 heterocycles. The first-order valence-electron chi connectivity index (χ1n) is 9.02.